The summed E-state index contributed by atoms with van der Waals surface area (Å²) in [7, 11) is 0. The van der Waals surface area contributed by atoms with Gasteiger partial charge in [-0.25, -0.2) is 0 Å². The first-order valence-corrected chi connectivity index (χ1v) is 9.22. The van der Waals surface area contributed by atoms with Crippen LogP contribution in [-0.2, 0) is 9.59 Å². The molecule has 1 heterocycles. The highest BCUT2D eigenvalue weighted by atomic mass is 35.5. The Hall–Kier alpha value is -1.85. The van der Waals surface area contributed by atoms with Crippen molar-refractivity contribution in [2.24, 2.45) is 5.92 Å². The lowest BCUT2D eigenvalue weighted by Gasteiger charge is -2.36. The summed E-state index contributed by atoms with van der Waals surface area (Å²) < 4.78 is 0. The number of nitrogens with one attached hydrogen (secondary N) is 1. The maximum atomic E-state index is 12.5. The molecule has 1 aliphatic heterocycles. The molecule has 0 bridgehead atoms. The minimum Gasteiger partial charge on any atom is -0.340 e. The highest BCUT2D eigenvalue weighted by Crippen LogP contribution is 2.22. The summed E-state index contributed by atoms with van der Waals surface area (Å²) in [5.74, 6) is 0.329. The first-order valence-electron chi connectivity index (χ1n) is 8.84. The van der Waals surface area contributed by atoms with E-state index in [0.717, 1.165) is 32.4 Å². The van der Waals surface area contributed by atoms with E-state index in [1.54, 1.807) is 12.1 Å². The zero-order chi connectivity index (χ0) is 17.6. The minimum atomic E-state index is -0.0784. The zero-order valence-corrected chi connectivity index (χ0v) is 15.0. The molecule has 0 unspecified atom stereocenters. The summed E-state index contributed by atoms with van der Waals surface area (Å²) >= 11 is 6.06. The van der Waals surface area contributed by atoms with Crippen molar-refractivity contribution in [1.29, 1.82) is 0 Å². The van der Waals surface area contributed by atoms with Gasteiger partial charge in [0.1, 0.15) is 0 Å². The number of amides is 2. The molecule has 3 rings (SSSR count). The van der Waals surface area contributed by atoms with Gasteiger partial charge in [-0.3, -0.25) is 14.5 Å². The lowest BCUT2D eigenvalue weighted by molar-refractivity contribution is -0.137. The average molecular weight is 362 g/mol. The number of anilines is 1. The van der Waals surface area contributed by atoms with Crippen LogP contribution in [0.1, 0.15) is 19.3 Å². The van der Waals surface area contributed by atoms with E-state index in [1.807, 2.05) is 17.0 Å². The van der Waals surface area contributed by atoms with Gasteiger partial charge in [-0.15, -0.1) is 0 Å². The van der Waals surface area contributed by atoms with Gasteiger partial charge < -0.3 is 10.2 Å². The molecule has 0 saturated carbocycles. The minimum absolute atomic E-state index is 0.0784. The molecule has 1 saturated heterocycles. The summed E-state index contributed by atoms with van der Waals surface area (Å²) in [5.41, 5.74) is 0.633. The highest BCUT2D eigenvalue weighted by molar-refractivity contribution is 6.33. The fourth-order valence-electron chi connectivity index (χ4n) is 3.36. The van der Waals surface area contributed by atoms with Crippen molar-refractivity contribution in [1.82, 2.24) is 9.80 Å². The molecule has 2 aliphatic rings. The molecule has 5 nitrogen and oxygen atoms in total. The number of rotatable bonds is 4. The third kappa shape index (κ3) is 4.83. The molecule has 6 heteroatoms. The Morgan fingerprint density at radius 1 is 1.12 bits per heavy atom. The fraction of sp³-hybridized carbons (Fsp3) is 0.474. The van der Waals surface area contributed by atoms with Gasteiger partial charge in [-0.1, -0.05) is 35.9 Å². The Morgan fingerprint density at radius 3 is 2.56 bits per heavy atom. The quantitative estimate of drug-likeness (QED) is 0.839. The van der Waals surface area contributed by atoms with E-state index >= 15 is 0 Å². The Morgan fingerprint density at radius 2 is 1.88 bits per heavy atom. The Kier molecular flexibility index (Phi) is 6.10. The van der Waals surface area contributed by atoms with Crippen LogP contribution in [0.5, 0.6) is 0 Å². The standard InChI is InChI=1S/C19H24ClN3O2/c20-16-8-4-5-9-17(16)21-18(24)14-22-10-12-23(13-11-22)19(25)15-6-2-1-3-7-15/h1-2,4-5,8-9,15H,3,6-7,10-14H2,(H,21,24)/t15-/m0/s1. The summed E-state index contributed by atoms with van der Waals surface area (Å²) in [5, 5.41) is 3.38. The molecule has 134 valence electrons. The molecule has 1 aromatic carbocycles. The maximum Gasteiger partial charge on any atom is 0.238 e. The Balaban J connectivity index is 1.44. The predicted octanol–water partition coefficient (Wildman–Crippen LogP) is 2.78. The van der Waals surface area contributed by atoms with Crippen LogP contribution in [0.2, 0.25) is 5.02 Å². The molecular weight excluding hydrogens is 338 g/mol. The third-order valence-electron chi connectivity index (χ3n) is 4.82. The number of benzene rings is 1. The molecule has 0 spiro atoms. The SMILES string of the molecule is O=C(CN1CCN(C(=O)[C@H]2CC=CCC2)CC1)Nc1ccccc1Cl. The van der Waals surface area contributed by atoms with Crippen molar-refractivity contribution < 1.29 is 9.59 Å². The molecule has 1 fully saturated rings. The lowest BCUT2D eigenvalue weighted by atomic mass is 9.93. The monoisotopic (exact) mass is 361 g/mol. The number of allylic oxidation sites excluding steroid dienone is 2. The van der Waals surface area contributed by atoms with Crippen molar-refractivity contribution in [3.63, 3.8) is 0 Å². The van der Waals surface area contributed by atoms with E-state index in [0.29, 0.717) is 30.3 Å². The molecule has 0 aromatic heterocycles. The van der Waals surface area contributed by atoms with Gasteiger partial charge in [0.15, 0.2) is 0 Å². The van der Waals surface area contributed by atoms with Crippen LogP contribution in [0.3, 0.4) is 0 Å². The van der Waals surface area contributed by atoms with Gasteiger partial charge in [-0.05, 0) is 31.4 Å². The number of carbonyl (C=O) groups is 2. The Labute approximate surface area is 153 Å². The van der Waals surface area contributed by atoms with Crippen LogP contribution in [0.25, 0.3) is 0 Å². The van der Waals surface area contributed by atoms with Crippen molar-refractivity contribution in [2.45, 2.75) is 19.3 Å². The molecule has 2 amide bonds. The zero-order valence-electron chi connectivity index (χ0n) is 14.3. The van der Waals surface area contributed by atoms with Crippen LogP contribution >= 0.6 is 11.6 Å². The number of nitrogens with zero attached hydrogens (tertiary/aromatic N) is 2. The van der Waals surface area contributed by atoms with Gasteiger partial charge in [-0.2, -0.15) is 0 Å². The number of hydrogen-bond acceptors (Lipinski definition) is 3. The van der Waals surface area contributed by atoms with Gasteiger partial charge in [0.25, 0.3) is 0 Å². The average Bonchev–Trinajstić information content (AvgIpc) is 2.64. The molecule has 1 atom stereocenters. The summed E-state index contributed by atoms with van der Waals surface area (Å²) in [6.07, 6.45) is 7.08. The van der Waals surface area contributed by atoms with Crippen LogP contribution in [0, 0.1) is 5.92 Å². The Bertz CT molecular complexity index is 654. The van der Waals surface area contributed by atoms with Crippen LogP contribution < -0.4 is 5.32 Å². The first kappa shape index (κ1) is 18.0. The van der Waals surface area contributed by atoms with Gasteiger partial charge >= 0.3 is 0 Å². The summed E-state index contributed by atoms with van der Waals surface area (Å²) in [4.78, 5) is 28.8. The van der Waals surface area contributed by atoms with Crippen molar-refractivity contribution in [2.75, 3.05) is 38.0 Å². The molecule has 0 radical (unpaired) electrons. The van der Waals surface area contributed by atoms with Crippen LogP contribution in [-0.4, -0.2) is 54.3 Å². The van der Waals surface area contributed by atoms with Gasteiger partial charge in [0, 0.05) is 32.1 Å². The van der Waals surface area contributed by atoms with E-state index in [1.165, 1.54) is 0 Å². The molecule has 1 N–H and O–H groups in total. The predicted molar refractivity (Wildman–Crippen MR) is 99.6 cm³/mol. The van der Waals surface area contributed by atoms with E-state index in [2.05, 4.69) is 22.4 Å². The molecular formula is C19H24ClN3O2. The van der Waals surface area contributed by atoms with Crippen LogP contribution in [0.4, 0.5) is 5.69 Å². The lowest BCUT2D eigenvalue weighted by Crippen LogP contribution is -2.51. The highest BCUT2D eigenvalue weighted by Gasteiger charge is 2.27. The number of para-hydroxylation sites is 1. The number of carbonyl (C=O) groups excluding carboxylic acids is 2. The summed E-state index contributed by atoms with van der Waals surface area (Å²) in [6, 6.07) is 7.21. The molecule has 1 aromatic rings. The van der Waals surface area contributed by atoms with Crippen molar-refractivity contribution in [3.8, 4) is 0 Å². The van der Waals surface area contributed by atoms with Crippen molar-refractivity contribution >= 4 is 29.1 Å². The number of hydrogen-bond donors (Lipinski definition) is 1. The number of halogens is 1. The van der Waals surface area contributed by atoms with Crippen LogP contribution in [0.15, 0.2) is 36.4 Å². The second kappa shape index (κ2) is 8.50. The normalized spacial score (nSPS) is 21.2. The second-order valence-electron chi connectivity index (χ2n) is 6.61. The van der Waals surface area contributed by atoms with E-state index < -0.39 is 0 Å². The third-order valence-corrected chi connectivity index (χ3v) is 5.15. The van der Waals surface area contributed by atoms with Crippen molar-refractivity contribution in [3.05, 3.63) is 41.4 Å². The smallest absolute Gasteiger partial charge is 0.238 e. The van der Waals surface area contributed by atoms with E-state index in [-0.39, 0.29) is 17.7 Å². The first-order chi connectivity index (χ1) is 12.1. The summed E-state index contributed by atoms with van der Waals surface area (Å²) in [6.45, 7) is 3.16. The number of piperazine rings is 1. The second-order valence-corrected chi connectivity index (χ2v) is 7.02. The maximum absolute atomic E-state index is 12.5. The molecule has 1 aliphatic carbocycles. The van der Waals surface area contributed by atoms with Gasteiger partial charge in [0.05, 0.1) is 17.3 Å². The largest absolute Gasteiger partial charge is 0.340 e. The van der Waals surface area contributed by atoms with E-state index in [4.69, 9.17) is 11.6 Å². The molecule has 25 heavy (non-hydrogen) atoms. The van der Waals surface area contributed by atoms with E-state index in [9.17, 15) is 9.59 Å². The van der Waals surface area contributed by atoms with Gasteiger partial charge in [0.2, 0.25) is 11.8 Å². The topological polar surface area (TPSA) is 52.7 Å². The fourth-order valence-corrected chi connectivity index (χ4v) is 3.54.